The number of H-pyrrole nitrogens is 1. The van der Waals surface area contributed by atoms with Crippen molar-refractivity contribution in [1.29, 1.82) is 5.26 Å². The predicted molar refractivity (Wildman–Crippen MR) is 44.8 cm³/mol. The van der Waals surface area contributed by atoms with Crippen LogP contribution in [0.4, 0.5) is 0 Å². The van der Waals surface area contributed by atoms with E-state index in [-0.39, 0.29) is 10.9 Å². The Kier molecular flexibility index (Phi) is 2.55. The lowest BCUT2D eigenvalue weighted by Gasteiger charge is -1.98. The van der Waals surface area contributed by atoms with E-state index in [0.29, 0.717) is 5.16 Å². The quantitative estimate of drug-likeness (QED) is 0.662. The van der Waals surface area contributed by atoms with Gasteiger partial charge in [-0.3, -0.25) is 4.57 Å². The molecule has 1 aromatic heterocycles. The molecule has 0 aliphatic rings. The number of hydrogen-bond acceptors (Lipinski definition) is 4. The predicted octanol–water partition coefficient (Wildman–Crippen LogP) is 0.113. The molecule has 0 radical (unpaired) electrons. The van der Waals surface area contributed by atoms with E-state index in [2.05, 4.69) is 10.2 Å². The number of nitrogens with zero attached hydrogens (tertiary/aromatic N) is 3. The number of rotatable bonds is 2. The Morgan fingerprint density at radius 3 is 2.92 bits per heavy atom. The van der Waals surface area contributed by atoms with Crippen molar-refractivity contribution in [2.45, 2.75) is 17.3 Å². The van der Waals surface area contributed by atoms with Crippen LogP contribution in [0.3, 0.4) is 0 Å². The molecule has 6 heteroatoms. The van der Waals surface area contributed by atoms with Crippen molar-refractivity contribution in [2.75, 3.05) is 0 Å². The van der Waals surface area contributed by atoms with Crippen LogP contribution in [0.5, 0.6) is 0 Å². The van der Waals surface area contributed by atoms with Crippen molar-refractivity contribution in [3.8, 4) is 6.07 Å². The van der Waals surface area contributed by atoms with Crippen molar-refractivity contribution in [1.82, 2.24) is 14.8 Å². The molecule has 0 spiro atoms. The first kappa shape index (κ1) is 8.87. The molecule has 0 saturated carbocycles. The molecule has 0 aromatic carbocycles. The van der Waals surface area contributed by atoms with Crippen molar-refractivity contribution in [3.05, 3.63) is 10.5 Å². The normalized spacial score (nSPS) is 12.4. The Bertz CT molecular complexity index is 360. The van der Waals surface area contributed by atoms with E-state index in [1.165, 1.54) is 16.3 Å². The summed E-state index contributed by atoms with van der Waals surface area (Å²) in [5.41, 5.74) is -0.261. The third kappa shape index (κ3) is 1.68. The summed E-state index contributed by atoms with van der Waals surface area (Å²) in [5.74, 6) is 0. The molecule has 0 amide bonds. The van der Waals surface area contributed by atoms with Gasteiger partial charge in [-0.25, -0.2) is 9.89 Å². The van der Waals surface area contributed by atoms with Gasteiger partial charge in [0.25, 0.3) is 0 Å². The molecular weight excluding hydrogens is 176 g/mol. The van der Waals surface area contributed by atoms with E-state index in [1.54, 1.807) is 14.0 Å². The topological polar surface area (TPSA) is 74.5 Å². The molecule has 5 nitrogen and oxygen atoms in total. The van der Waals surface area contributed by atoms with Gasteiger partial charge in [-0.1, -0.05) is 11.8 Å². The number of nitriles is 1. The highest BCUT2D eigenvalue weighted by molar-refractivity contribution is 8.00. The fourth-order valence-electron chi connectivity index (χ4n) is 0.622. The zero-order valence-electron chi connectivity index (χ0n) is 6.74. The van der Waals surface area contributed by atoms with Crippen LogP contribution < -0.4 is 5.69 Å². The van der Waals surface area contributed by atoms with E-state index < -0.39 is 0 Å². The minimum atomic E-state index is -0.261. The molecule has 0 aliphatic heterocycles. The second kappa shape index (κ2) is 3.45. The number of aromatic nitrogens is 3. The first-order valence-corrected chi connectivity index (χ1v) is 4.20. The summed E-state index contributed by atoms with van der Waals surface area (Å²) in [7, 11) is 1.61. The Hall–Kier alpha value is -1.22. The first-order chi connectivity index (χ1) is 5.65. The van der Waals surface area contributed by atoms with E-state index in [1.807, 2.05) is 6.07 Å². The monoisotopic (exact) mass is 184 g/mol. The number of aromatic amines is 1. The average molecular weight is 184 g/mol. The molecule has 64 valence electrons. The molecule has 12 heavy (non-hydrogen) atoms. The van der Waals surface area contributed by atoms with Gasteiger partial charge in [-0.15, -0.1) is 5.10 Å². The molecule has 0 fully saturated rings. The molecule has 1 heterocycles. The Morgan fingerprint density at radius 1 is 1.83 bits per heavy atom. The Labute approximate surface area is 73.4 Å². The van der Waals surface area contributed by atoms with Crippen LogP contribution in [0.2, 0.25) is 0 Å². The number of hydrogen-bond donors (Lipinski definition) is 1. The van der Waals surface area contributed by atoms with Crippen LogP contribution in [0.1, 0.15) is 6.92 Å². The minimum absolute atomic E-state index is 0.195. The van der Waals surface area contributed by atoms with E-state index in [0.717, 1.165) is 0 Å². The molecular formula is C6H8N4OS. The summed E-state index contributed by atoms with van der Waals surface area (Å²) >= 11 is 1.25. The second-order valence-electron chi connectivity index (χ2n) is 2.26. The molecule has 0 saturated heterocycles. The number of nitrogens with one attached hydrogen (secondary N) is 1. The summed E-state index contributed by atoms with van der Waals surface area (Å²) < 4.78 is 1.37. The van der Waals surface area contributed by atoms with Crippen molar-refractivity contribution in [2.24, 2.45) is 7.05 Å². The maximum absolute atomic E-state index is 10.9. The fourth-order valence-corrected chi connectivity index (χ4v) is 1.33. The second-order valence-corrected chi connectivity index (χ2v) is 3.57. The molecule has 0 bridgehead atoms. The van der Waals surface area contributed by atoms with Gasteiger partial charge in [0.05, 0.1) is 11.3 Å². The van der Waals surface area contributed by atoms with Gasteiger partial charge in [0, 0.05) is 7.05 Å². The van der Waals surface area contributed by atoms with Crippen LogP contribution in [-0.4, -0.2) is 20.0 Å². The third-order valence-electron chi connectivity index (χ3n) is 1.30. The lowest BCUT2D eigenvalue weighted by atomic mass is 10.5. The van der Waals surface area contributed by atoms with Gasteiger partial charge >= 0.3 is 5.69 Å². The largest absolute Gasteiger partial charge is 0.343 e. The zero-order valence-corrected chi connectivity index (χ0v) is 7.55. The van der Waals surface area contributed by atoms with Gasteiger partial charge in [-0.05, 0) is 6.92 Å². The van der Waals surface area contributed by atoms with Gasteiger partial charge < -0.3 is 0 Å². The van der Waals surface area contributed by atoms with Crippen molar-refractivity contribution >= 4 is 11.8 Å². The van der Waals surface area contributed by atoms with Gasteiger partial charge in [-0.2, -0.15) is 5.26 Å². The molecule has 1 unspecified atom stereocenters. The lowest BCUT2D eigenvalue weighted by molar-refractivity contribution is 0.765. The SMILES string of the molecule is CC(C#N)Sc1n[nH]c(=O)n1C. The van der Waals surface area contributed by atoms with E-state index in [4.69, 9.17) is 5.26 Å². The summed E-state index contributed by atoms with van der Waals surface area (Å²) in [6.07, 6.45) is 0. The first-order valence-electron chi connectivity index (χ1n) is 3.33. The maximum atomic E-state index is 10.9. The van der Waals surface area contributed by atoms with Crippen LogP contribution in [0, 0.1) is 11.3 Å². The lowest BCUT2D eigenvalue weighted by Crippen LogP contribution is -2.13. The van der Waals surface area contributed by atoms with Gasteiger partial charge in [0.1, 0.15) is 0 Å². The van der Waals surface area contributed by atoms with Gasteiger partial charge in [0.2, 0.25) is 0 Å². The Morgan fingerprint density at radius 2 is 2.50 bits per heavy atom. The third-order valence-corrected chi connectivity index (χ3v) is 2.34. The zero-order chi connectivity index (χ0) is 9.14. The molecule has 1 rings (SSSR count). The standard InChI is InChI=1S/C6H8N4OS/c1-4(3-7)12-6-9-8-5(11)10(6)2/h4H,1-2H3,(H,8,11). The molecule has 1 N–H and O–H groups in total. The summed E-state index contributed by atoms with van der Waals surface area (Å²) in [5, 5.41) is 14.9. The summed E-state index contributed by atoms with van der Waals surface area (Å²) in [4.78, 5) is 10.9. The molecule has 0 aliphatic carbocycles. The summed E-state index contributed by atoms with van der Waals surface area (Å²) in [6, 6.07) is 2.04. The van der Waals surface area contributed by atoms with Crippen molar-refractivity contribution in [3.63, 3.8) is 0 Å². The molecule has 1 aromatic rings. The van der Waals surface area contributed by atoms with Crippen LogP contribution >= 0.6 is 11.8 Å². The highest BCUT2D eigenvalue weighted by Crippen LogP contribution is 2.17. The highest BCUT2D eigenvalue weighted by atomic mass is 32.2. The Balaban J connectivity index is 2.85. The van der Waals surface area contributed by atoms with Crippen LogP contribution in [-0.2, 0) is 7.05 Å². The number of thioether (sulfide) groups is 1. The van der Waals surface area contributed by atoms with Gasteiger partial charge in [0.15, 0.2) is 5.16 Å². The highest BCUT2D eigenvalue weighted by Gasteiger charge is 2.08. The minimum Gasteiger partial charge on any atom is -0.273 e. The van der Waals surface area contributed by atoms with Crippen molar-refractivity contribution < 1.29 is 0 Å². The maximum Gasteiger partial charge on any atom is 0.343 e. The van der Waals surface area contributed by atoms with Crippen LogP contribution in [0.15, 0.2) is 9.95 Å². The summed E-state index contributed by atoms with van der Waals surface area (Å²) in [6.45, 7) is 1.75. The average Bonchev–Trinajstić information content (AvgIpc) is 2.36. The molecule has 1 atom stereocenters. The van der Waals surface area contributed by atoms with E-state index in [9.17, 15) is 4.79 Å². The fraction of sp³-hybridized carbons (Fsp3) is 0.500. The smallest absolute Gasteiger partial charge is 0.273 e. The van der Waals surface area contributed by atoms with E-state index >= 15 is 0 Å². The van der Waals surface area contributed by atoms with Crippen LogP contribution in [0.25, 0.3) is 0 Å².